The van der Waals surface area contributed by atoms with Crippen LogP contribution < -0.4 is 11.1 Å². The van der Waals surface area contributed by atoms with E-state index in [-0.39, 0.29) is 18.2 Å². The summed E-state index contributed by atoms with van der Waals surface area (Å²) in [4.78, 5) is 34.3. The van der Waals surface area contributed by atoms with E-state index in [1.807, 2.05) is 18.2 Å². The molecule has 114 valence electrons. The first kappa shape index (κ1) is 14.2. The number of fused-ring (bicyclic) bond motifs is 1. The molecule has 3 amide bonds. The van der Waals surface area contributed by atoms with E-state index in [2.05, 4.69) is 10.4 Å². The second-order valence-electron chi connectivity index (χ2n) is 5.51. The maximum absolute atomic E-state index is 12.0. The van der Waals surface area contributed by atoms with Crippen LogP contribution in [0.5, 0.6) is 0 Å². The molecular formula is C15H16N4O3. The summed E-state index contributed by atoms with van der Waals surface area (Å²) in [6, 6.07) is 5.51. The monoisotopic (exact) mass is 300 g/mol. The van der Waals surface area contributed by atoms with E-state index in [1.165, 1.54) is 0 Å². The van der Waals surface area contributed by atoms with Gasteiger partial charge in [0.15, 0.2) is 0 Å². The highest BCUT2D eigenvalue weighted by atomic mass is 16.2. The number of hydrogen-bond donors (Lipinski definition) is 2. The van der Waals surface area contributed by atoms with Gasteiger partial charge in [0.25, 0.3) is 0 Å². The Bertz CT molecular complexity index is 793. The van der Waals surface area contributed by atoms with Crippen LogP contribution in [0.25, 0.3) is 10.9 Å². The maximum Gasteiger partial charge on any atom is 0.235 e. The largest absolute Gasteiger partial charge is 0.369 e. The molecule has 0 spiro atoms. The molecule has 22 heavy (non-hydrogen) atoms. The highest BCUT2D eigenvalue weighted by molar-refractivity contribution is 6.02. The molecule has 1 saturated heterocycles. The number of aryl methyl sites for hydroxylation is 1. The van der Waals surface area contributed by atoms with E-state index in [4.69, 9.17) is 5.73 Å². The van der Waals surface area contributed by atoms with Gasteiger partial charge in [0.05, 0.1) is 23.5 Å². The quantitative estimate of drug-likeness (QED) is 0.785. The normalized spacial score (nSPS) is 18.5. The van der Waals surface area contributed by atoms with Crippen LogP contribution in [-0.2, 0) is 27.9 Å². The first-order chi connectivity index (χ1) is 10.5. The first-order valence-corrected chi connectivity index (χ1v) is 7.03. The molecule has 2 aromatic rings. The van der Waals surface area contributed by atoms with Gasteiger partial charge in [0.2, 0.25) is 17.7 Å². The van der Waals surface area contributed by atoms with Crippen molar-refractivity contribution in [1.29, 1.82) is 0 Å². The highest BCUT2D eigenvalue weighted by Crippen LogP contribution is 2.30. The number of carbonyl (C=O) groups excluding carboxylic acids is 3. The van der Waals surface area contributed by atoms with E-state index < -0.39 is 11.8 Å². The van der Waals surface area contributed by atoms with Gasteiger partial charge in [-0.1, -0.05) is 12.1 Å². The molecule has 1 unspecified atom stereocenters. The highest BCUT2D eigenvalue weighted by Gasteiger charge is 2.31. The molecule has 1 aromatic heterocycles. The number of aromatic nitrogens is 2. The Kier molecular flexibility index (Phi) is 3.40. The van der Waals surface area contributed by atoms with Gasteiger partial charge >= 0.3 is 0 Å². The van der Waals surface area contributed by atoms with Crippen molar-refractivity contribution >= 4 is 28.6 Å². The molecular weight excluding hydrogens is 284 g/mol. The van der Waals surface area contributed by atoms with Crippen molar-refractivity contribution in [2.45, 2.75) is 25.2 Å². The molecule has 3 N–H and O–H groups in total. The van der Waals surface area contributed by atoms with Crippen molar-refractivity contribution in [2.75, 3.05) is 0 Å². The number of primary amides is 1. The number of nitrogens with two attached hydrogens (primary N) is 1. The summed E-state index contributed by atoms with van der Waals surface area (Å²) in [7, 11) is 1.78. The molecule has 3 rings (SSSR count). The van der Waals surface area contributed by atoms with E-state index in [0.29, 0.717) is 18.5 Å². The van der Waals surface area contributed by atoms with E-state index in [9.17, 15) is 14.4 Å². The smallest absolute Gasteiger partial charge is 0.235 e. The zero-order valence-electron chi connectivity index (χ0n) is 12.1. The Labute approximate surface area is 126 Å². The first-order valence-electron chi connectivity index (χ1n) is 7.03. The SMILES string of the molecule is Cn1nc(C2CCC(=O)NC2=O)c2ccc(CC(N)=O)cc21. The summed E-state index contributed by atoms with van der Waals surface area (Å²) < 4.78 is 1.68. The molecule has 1 aliphatic heterocycles. The molecule has 0 radical (unpaired) electrons. The van der Waals surface area contributed by atoms with E-state index >= 15 is 0 Å². The van der Waals surface area contributed by atoms with Crippen LogP contribution in [0.3, 0.4) is 0 Å². The molecule has 0 bridgehead atoms. The second-order valence-corrected chi connectivity index (χ2v) is 5.51. The van der Waals surface area contributed by atoms with Crippen molar-refractivity contribution in [3.8, 4) is 0 Å². The summed E-state index contributed by atoms with van der Waals surface area (Å²) in [6.45, 7) is 0. The Hall–Kier alpha value is -2.70. The average molecular weight is 300 g/mol. The molecule has 1 aromatic carbocycles. The minimum Gasteiger partial charge on any atom is -0.369 e. The van der Waals surface area contributed by atoms with Gasteiger partial charge < -0.3 is 5.73 Å². The Morgan fingerprint density at radius 1 is 1.45 bits per heavy atom. The number of nitrogens with zero attached hydrogens (tertiary/aromatic N) is 2. The van der Waals surface area contributed by atoms with Crippen molar-refractivity contribution in [1.82, 2.24) is 15.1 Å². The summed E-state index contributed by atoms with van der Waals surface area (Å²) in [6.07, 6.45) is 0.933. The number of piperidine rings is 1. The van der Waals surface area contributed by atoms with Crippen LogP contribution in [0.2, 0.25) is 0 Å². The minimum atomic E-state index is -0.427. The lowest BCUT2D eigenvalue weighted by molar-refractivity contribution is -0.134. The van der Waals surface area contributed by atoms with Crippen LogP contribution in [0.4, 0.5) is 0 Å². The molecule has 1 atom stereocenters. The summed E-state index contributed by atoms with van der Waals surface area (Å²) in [5, 5.41) is 7.64. The molecule has 0 aliphatic carbocycles. The molecule has 1 fully saturated rings. The molecule has 7 nitrogen and oxygen atoms in total. The number of rotatable bonds is 3. The summed E-state index contributed by atoms with van der Waals surface area (Å²) >= 11 is 0. The summed E-state index contributed by atoms with van der Waals surface area (Å²) in [5.74, 6) is -1.38. The molecule has 1 aliphatic rings. The van der Waals surface area contributed by atoms with Crippen LogP contribution in [0, 0.1) is 0 Å². The van der Waals surface area contributed by atoms with Gasteiger partial charge in [-0.05, 0) is 18.1 Å². The van der Waals surface area contributed by atoms with Crippen LogP contribution >= 0.6 is 0 Å². The van der Waals surface area contributed by atoms with Crippen LogP contribution in [-0.4, -0.2) is 27.5 Å². The Morgan fingerprint density at radius 3 is 2.91 bits per heavy atom. The van der Waals surface area contributed by atoms with Gasteiger partial charge in [-0.15, -0.1) is 0 Å². The third-order valence-corrected chi connectivity index (χ3v) is 3.89. The van der Waals surface area contributed by atoms with Gasteiger partial charge in [-0.25, -0.2) is 0 Å². The van der Waals surface area contributed by atoms with Gasteiger partial charge in [0.1, 0.15) is 0 Å². The van der Waals surface area contributed by atoms with Crippen LogP contribution in [0.15, 0.2) is 18.2 Å². The predicted octanol–water partition coefficient (Wildman–Crippen LogP) is 0.121. The number of amides is 3. The molecule has 2 heterocycles. The third kappa shape index (κ3) is 2.45. The number of nitrogens with one attached hydrogen (secondary N) is 1. The number of hydrogen-bond acceptors (Lipinski definition) is 4. The van der Waals surface area contributed by atoms with Crippen LogP contribution in [0.1, 0.15) is 30.0 Å². The zero-order chi connectivity index (χ0) is 15.9. The van der Waals surface area contributed by atoms with Crippen molar-refractivity contribution in [3.63, 3.8) is 0 Å². The number of imide groups is 1. The molecule has 7 heteroatoms. The van der Waals surface area contributed by atoms with Gasteiger partial charge in [0, 0.05) is 18.9 Å². The van der Waals surface area contributed by atoms with Crippen molar-refractivity contribution in [3.05, 3.63) is 29.5 Å². The zero-order valence-corrected chi connectivity index (χ0v) is 12.1. The van der Waals surface area contributed by atoms with E-state index in [0.717, 1.165) is 16.5 Å². The molecule has 0 saturated carbocycles. The van der Waals surface area contributed by atoms with Crippen molar-refractivity contribution in [2.24, 2.45) is 12.8 Å². The van der Waals surface area contributed by atoms with E-state index in [1.54, 1.807) is 11.7 Å². The minimum absolute atomic E-state index is 0.162. The van der Waals surface area contributed by atoms with Gasteiger partial charge in [-0.3, -0.25) is 24.4 Å². The lowest BCUT2D eigenvalue weighted by atomic mass is 9.92. The fourth-order valence-corrected chi connectivity index (χ4v) is 2.85. The lowest BCUT2D eigenvalue weighted by Crippen LogP contribution is -2.39. The summed E-state index contributed by atoms with van der Waals surface area (Å²) in [5.41, 5.74) is 7.51. The van der Waals surface area contributed by atoms with Crippen molar-refractivity contribution < 1.29 is 14.4 Å². The maximum atomic E-state index is 12.0. The predicted molar refractivity (Wildman–Crippen MR) is 78.7 cm³/mol. The third-order valence-electron chi connectivity index (χ3n) is 3.89. The fraction of sp³-hybridized carbons (Fsp3) is 0.333. The fourth-order valence-electron chi connectivity index (χ4n) is 2.85. The average Bonchev–Trinajstić information content (AvgIpc) is 2.75. The Morgan fingerprint density at radius 2 is 2.23 bits per heavy atom. The Balaban J connectivity index is 2.03. The lowest BCUT2D eigenvalue weighted by Gasteiger charge is -2.19. The second kappa shape index (κ2) is 5.25. The number of carbonyl (C=O) groups is 3. The number of benzene rings is 1. The topological polar surface area (TPSA) is 107 Å². The van der Waals surface area contributed by atoms with Gasteiger partial charge in [-0.2, -0.15) is 5.10 Å². The standard InChI is InChI=1S/C15H16N4O3/c1-19-11-6-8(7-12(16)20)2-3-9(11)14(18-19)10-4-5-13(21)17-15(10)22/h2-3,6,10H,4-5,7H2,1H3,(H2,16,20)(H,17,21,22).